The third-order valence-electron chi connectivity index (χ3n) is 3.42. The largest absolute Gasteiger partial charge is 0.293 e. The normalized spacial score (nSPS) is 32.2. The highest BCUT2D eigenvalue weighted by Gasteiger charge is 2.28. The minimum absolute atomic E-state index is 0.310. The van der Waals surface area contributed by atoms with E-state index in [1.165, 1.54) is 19.3 Å². The first kappa shape index (κ1) is 10.7. The van der Waals surface area contributed by atoms with Crippen LogP contribution in [0.3, 0.4) is 0 Å². The van der Waals surface area contributed by atoms with Gasteiger partial charge in [0.15, 0.2) is 0 Å². The maximum Gasteiger partial charge on any atom is 0.0518 e. The summed E-state index contributed by atoms with van der Waals surface area (Å²) >= 11 is 0. The zero-order valence-electron chi connectivity index (χ0n) is 9.72. The van der Waals surface area contributed by atoms with Crippen LogP contribution in [-0.4, -0.2) is 12.3 Å². The predicted molar refractivity (Wildman–Crippen MR) is 59.4 cm³/mol. The van der Waals surface area contributed by atoms with Crippen LogP contribution in [0.25, 0.3) is 0 Å². The molecule has 0 bridgehead atoms. The second-order valence-corrected chi connectivity index (χ2v) is 5.78. The quantitative estimate of drug-likeness (QED) is 0.540. The maximum absolute atomic E-state index is 4.66. The topological polar surface area (TPSA) is 12.4 Å². The molecule has 0 aliphatic carbocycles. The van der Waals surface area contributed by atoms with Crippen LogP contribution in [0.5, 0.6) is 0 Å². The molecule has 0 aromatic rings. The lowest BCUT2D eigenvalue weighted by atomic mass is 9.76. The minimum atomic E-state index is 0.310. The average molecular weight is 181 g/mol. The number of nitrogens with zero attached hydrogens (tertiary/aromatic N) is 1. The first-order valence-electron chi connectivity index (χ1n) is 5.38. The third-order valence-corrected chi connectivity index (χ3v) is 3.42. The van der Waals surface area contributed by atoms with Crippen molar-refractivity contribution in [2.75, 3.05) is 0 Å². The fourth-order valence-corrected chi connectivity index (χ4v) is 1.79. The van der Waals surface area contributed by atoms with E-state index >= 15 is 0 Å². The van der Waals surface area contributed by atoms with Gasteiger partial charge in [0.05, 0.1) is 6.04 Å². The molecule has 0 radical (unpaired) electrons. The van der Waals surface area contributed by atoms with E-state index in [9.17, 15) is 0 Å². The number of hydrogen-bond acceptors (Lipinski definition) is 1. The van der Waals surface area contributed by atoms with Gasteiger partial charge in [0.1, 0.15) is 0 Å². The van der Waals surface area contributed by atoms with Crippen molar-refractivity contribution in [2.45, 2.75) is 59.9 Å². The fraction of sp³-hybridized carbons (Fsp3) is 0.917. The van der Waals surface area contributed by atoms with Gasteiger partial charge in [0.2, 0.25) is 0 Å². The van der Waals surface area contributed by atoms with Crippen LogP contribution in [0.4, 0.5) is 0 Å². The Morgan fingerprint density at radius 2 is 1.77 bits per heavy atom. The molecule has 0 aromatic heterocycles. The van der Waals surface area contributed by atoms with Gasteiger partial charge in [-0.2, -0.15) is 0 Å². The summed E-state index contributed by atoms with van der Waals surface area (Å²) in [7, 11) is 0. The lowest BCUT2D eigenvalue weighted by Gasteiger charge is -2.33. The molecule has 0 amide bonds. The smallest absolute Gasteiger partial charge is 0.0518 e. The summed E-state index contributed by atoms with van der Waals surface area (Å²) in [5.41, 5.74) is 0.692. The Hall–Kier alpha value is -0.330. The molecule has 1 atom stereocenters. The molecule has 0 spiro atoms. The zero-order valence-corrected chi connectivity index (χ0v) is 9.72. The van der Waals surface area contributed by atoms with Crippen molar-refractivity contribution in [3.63, 3.8) is 0 Å². The summed E-state index contributed by atoms with van der Waals surface area (Å²) in [5.74, 6) is 0. The second kappa shape index (κ2) is 3.43. The Bertz CT molecular complexity index is 201. The van der Waals surface area contributed by atoms with Crippen molar-refractivity contribution in [1.82, 2.24) is 0 Å². The van der Waals surface area contributed by atoms with Gasteiger partial charge in [-0.25, -0.2) is 0 Å². The van der Waals surface area contributed by atoms with Gasteiger partial charge in [-0.1, -0.05) is 34.1 Å². The summed E-state index contributed by atoms with van der Waals surface area (Å²) in [5, 5.41) is 0. The lowest BCUT2D eigenvalue weighted by Crippen LogP contribution is -2.29. The first-order chi connectivity index (χ1) is 5.83. The Balaban J connectivity index is 2.79. The summed E-state index contributed by atoms with van der Waals surface area (Å²) in [4.78, 5) is 4.66. The van der Waals surface area contributed by atoms with Crippen molar-refractivity contribution < 1.29 is 0 Å². The standard InChI is InChI=1S/C12H23N/c1-10-12(4,5)8-6-7-11(2,3)9-13-10/h9-10H,6-8H2,1-5H3. The maximum atomic E-state index is 4.66. The van der Waals surface area contributed by atoms with E-state index in [1.807, 2.05) is 0 Å². The van der Waals surface area contributed by atoms with Gasteiger partial charge in [-0.3, -0.25) is 4.99 Å². The molecule has 13 heavy (non-hydrogen) atoms. The summed E-state index contributed by atoms with van der Waals surface area (Å²) in [6.07, 6.45) is 6.07. The van der Waals surface area contributed by atoms with Crippen LogP contribution in [-0.2, 0) is 0 Å². The van der Waals surface area contributed by atoms with Crippen LogP contribution in [0.1, 0.15) is 53.9 Å². The van der Waals surface area contributed by atoms with Crippen LogP contribution >= 0.6 is 0 Å². The molecule has 0 saturated carbocycles. The molecule has 0 aromatic carbocycles. The Morgan fingerprint density at radius 1 is 1.15 bits per heavy atom. The lowest BCUT2D eigenvalue weighted by molar-refractivity contribution is 0.248. The summed E-state index contributed by atoms with van der Waals surface area (Å²) in [6.45, 7) is 11.4. The summed E-state index contributed by atoms with van der Waals surface area (Å²) in [6, 6.07) is 0.465. The van der Waals surface area contributed by atoms with E-state index in [4.69, 9.17) is 0 Å². The van der Waals surface area contributed by atoms with Crippen LogP contribution in [0, 0.1) is 10.8 Å². The SMILES string of the molecule is CC1N=CC(C)(C)CCCC1(C)C. The van der Waals surface area contributed by atoms with Crippen molar-refractivity contribution in [3.05, 3.63) is 0 Å². The Labute approximate surface area is 82.6 Å². The molecular formula is C12H23N. The van der Waals surface area contributed by atoms with E-state index in [0.29, 0.717) is 16.9 Å². The van der Waals surface area contributed by atoms with E-state index in [2.05, 4.69) is 45.8 Å². The van der Waals surface area contributed by atoms with Crippen molar-refractivity contribution >= 4 is 6.21 Å². The highest BCUT2D eigenvalue weighted by Crippen LogP contribution is 2.34. The first-order valence-corrected chi connectivity index (χ1v) is 5.38. The third kappa shape index (κ3) is 2.82. The van der Waals surface area contributed by atoms with E-state index < -0.39 is 0 Å². The zero-order chi connectivity index (χ0) is 10.1. The fourth-order valence-electron chi connectivity index (χ4n) is 1.79. The Kier molecular flexibility index (Phi) is 2.84. The molecule has 1 unspecified atom stereocenters. The molecule has 76 valence electrons. The Morgan fingerprint density at radius 3 is 2.38 bits per heavy atom. The monoisotopic (exact) mass is 181 g/mol. The van der Waals surface area contributed by atoms with Crippen LogP contribution in [0.2, 0.25) is 0 Å². The molecular weight excluding hydrogens is 158 g/mol. The van der Waals surface area contributed by atoms with Crippen molar-refractivity contribution in [2.24, 2.45) is 15.8 Å². The van der Waals surface area contributed by atoms with Crippen molar-refractivity contribution in [3.8, 4) is 0 Å². The molecule has 0 saturated heterocycles. The molecule has 1 rings (SSSR count). The molecule has 1 aliphatic heterocycles. The number of hydrogen-bond donors (Lipinski definition) is 0. The number of aliphatic imine (C=N–C) groups is 1. The van der Waals surface area contributed by atoms with Crippen LogP contribution in [0.15, 0.2) is 4.99 Å². The minimum Gasteiger partial charge on any atom is -0.293 e. The van der Waals surface area contributed by atoms with Gasteiger partial charge < -0.3 is 0 Å². The molecule has 0 fully saturated rings. The molecule has 1 aliphatic rings. The van der Waals surface area contributed by atoms with Gasteiger partial charge in [0.25, 0.3) is 0 Å². The van der Waals surface area contributed by atoms with E-state index in [0.717, 1.165) is 0 Å². The van der Waals surface area contributed by atoms with Crippen molar-refractivity contribution in [1.29, 1.82) is 0 Å². The number of rotatable bonds is 0. The molecule has 1 nitrogen and oxygen atoms in total. The summed E-state index contributed by atoms with van der Waals surface area (Å²) < 4.78 is 0. The predicted octanol–water partition coefficient (Wildman–Crippen LogP) is 3.68. The average Bonchev–Trinajstić information content (AvgIpc) is 1.98. The molecule has 1 heteroatoms. The highest BCUT2D eigenvalue weighted by molar-refractivity contribution is 5.65. The van der Waals surface area contributed by atoms with Gasteiger partial charge in [0, 0.05) is 6.21 Å². The van der Waals surface area contributed by atoms with E-state index in [1.54, 1.807) is 0 Å². The molecule has 1 heterocycles. The van der Waals surface area contributed by atoms with Gasteiger partial charge >= 0.3 is 0 Å². The van der Waals surface area contributed by atoms with Gasteiger partial charge in [-0.05, 0) is 30.6 Å². The van der Waals surface area contributed by atoms with Gasteiger partial charge in [-0.15, -0.1) is 0 Å². The second-order valence-electron chi connectivity index (χ2n) is 5.78. The van der Waals surface area contributed by atoms with E-state index in [-0.39, 0.29) is 0 Å². The van der Waals surface area contributed by atoms with Crippen LogP contribution < -0.4 is 0 Å². The molecule has 0 N–H and O–H groups in total. The highest BCUT2D eigenvalue weighted by atomic mass is 14.8.